The van der Waals surface area contributed by atoms with Crippen molar-refractivity contribution in [2.45, 2.75) is 13.8 Å². The Bertz CT molecular complexity index is 2370. The van der Waals surface area contributed by atoms with Crippen LogP contribution < -0.4 is 4.90 Å². The van der Waals surface area contributed by atoms with Crippen LogP contribution in [0.3, 0.4) is 0 Å². The van der Waals surface area contributed by atoms with Gasteiger partial charge < -0.3 is 4.90 Å². The molecule has 2 heteroatoms. The van der Waals surface area contributed by atoms with Gasteiger partial charge in [-0.2, -0.15) is 0 Å². The van der Waals surface area contributed by atoms with Gasteiger partial charge in [0, 0.05) is 37.2 Å². The first-order valence-electron chi connectivity index (χ1n) is 16.1. The predicted molar refractivity (Wildman–Crippen MR) is 214 cm³/mol. The Hall–Kier alpha value is -5.70. The zero-order valence-corrected chi connectivity index (χ0v) is 28.3. The van der Waals surface area contributed by atoms with Crippen LogP contribution in [0, 0.1) is 0 Å². The monoisotopic (exact) mass is 635 g/mol. The van der Waals surface area contributed by atoms with E-state index in [9.17, 15) is 0 Å². The SMILES string of the molecule is C=CC(=C)c1cc(C(=C)C)cc(-c2ccc(N(c3ccc(-c4cccc(C(=C)C)c4)cc3)c3ccc4sc5ccccc5c4c3)cc2)c1. The summed E-state index contributed by atoms with van der Waals surface area (Å²) in [7, 11) is 0. The number of benzene rings is 6. The van der Waals surface area contributed by atoms with Gasteiger partial charge in [0.1, 0.15) is 0 Å². The minimum absolute atomic E-state index is 0.897. The van der Waals surface area contributed by atoms with E-state index in [0.29, 0.717) is 0 Å². The van der Waals surface area contributed by atoms with E-state index in [1.54, 1.807) is 6.08 Å². The molecule has 0 atom stereocenters. The zero-order chi connectivity index (χ0) is 33.4. The van der Waals surface area contributed by atoms with Crippen molar-refractivity contribution >= 4 is 65.3 Å². The second-order valence-electron chi connectivity index (χ2n) is 12.4. The number of fused-ring (bicyclic) bond motifs is 3. The fourth-order valence-corrected chi connectivity index (χ4v) is 7.30. The molecule has 0 bridgehead atoms. The molecule has 0 saturated carbocycles. The largest absolute Gasteiger partial charge is 0.310 e. The van der Waals surface area contributed by atoms with Crippen LogP contribution in [0.15, 0.2) is 166 Å². The van der Waals surface area contributed by atoms with Crippen LogP contribution >= 0.6 is 11.3 Å². The number of allylic oxidation sites excluding steroid dienone is 4. The van der Waals surface area contributed by atoms with Gasteiger partial charge >= 0.3 is 0 Å². The summed E-state index contributed by atoms with van der Waals surface area (Å²) in [5, 5.41) is 2.56. The molecule has 1 aromatic heterocycles. The number of hydrogen-bond donors (Lipinski definition) is 0. The molecule has 0 aliphatic rings. The van der Waals surface area contributed by atoms with Crippen molar-refractivity contribution in [3.8, 4) is 22.3 Å². The maximum Gasteiger partial charge on any atom is 0.0468 e. The highest BCUT2D eigenvalue weighted by molar-refractivity contribution is 7.25. The Labute approximate surface area is 287 Å². The average Bonchev–Trinajstić information content (AvgIpc) is 3.50. The summed E-state index contributed by atoms with van der Waals surface area (Å²) >= 11 is 1.84. The van der Waals surface area contributed by atoms with Crippen LogP contribution in [-0.2, 0) is 0 Å². The van der Waals surface area contributed by atoms with Crippen LogP contribution in [0.1, 0.15) is 30.5 Å². The Morgan fingerprint density at radius 3 is 1.75 bits per heavy atom. The molecule has 1 nitrogen and oxygen atoms in total. The van der Waals surface area contributed by atoms with Gasteiger partial charge in [0.2, 0.25) is 0 Å². The standard InChI is InChI=1S/C46H37NS/c1-7-32(6)38-26-37(31(4)5)27-39(28-38)34-17-21-41(22-18-34)47(42-23-24-46-44(29-42)43-13-8-9-14-45(43)48-46)40-19-15-33(16-20-40)36-12-10-11-35(25-36)30(2)3/h7-29H,1-2,4,6H2,3,5H3. The average molecular weight is 636 g/mol. The molecule has 0 spiro atoms. The van der Waals surface area contributed by atoms with E-state index < -0.39 is 0 Å². The molecule has 7 aromatic rings. The van der Waals surface area contributed by atoms with E-state index in [2.05, 4.69) is 165 Å². The number of thiophene rings is 1. The minimum atomic E-state index is 0.897. The van der Waals surface area contributed by atoms with E-state index in [4.69, 9.17) is 0 Å². The maximum absolute atomic E-state index is 4.20. The molecule has 0 aliphatic carbocycles. The molecule has 0 unspecified atom stereocenters. The van der Waals surface area contributed by atoms with Gasteiger partial charge in [-0.3, -0.25) is 0 Å². The van der Waals surface area contributed by atoms with E-state index in [-0.39, 0.29) is 0 Å². The first-order chi connectivity index (χ1) is 23.3. The Morgan fingerprint density at radius 2 is 1.08 bits per heavy atom. The summed E-state index contributed by atoms with van der Waals surface area (Å²) in [6, 6.07) is 48.3. The highest BCUT2D eigenvalue weighted by atomic mass is 32.1. The van der Waals surface area contributed by atoms with E-state index in [1.165, 1.54) is 31.3 Å². The van der Waals surface area contributed by atoms with Gasteiger partial charge in [0.25, 0.3) is 0 Å². The lowest BCUT2D eigenvalue weighted by atomic mass is 9.94. The Balaban J connectivity index is 1.33. The second-order valence-corrected chi connectivity index (χ2v) is 13.5. The van der Waals surface area contributed by atoms with Crippen molar-refractivity contribution in [3.05, 3.63) is 183 Å². The predicted octanol–water partition coefficient (Wildman–Crippen LogP) is 14.1. The van der Waals surface area contributed by atoms with Gasteiger partial charge in [-0.25, -0.2) is 0 Å². The minimum Gasteiger partial charge on any atom is -0.310 e. The molecule has 0 N–H and O–H groups in total. The molecule has 0 radical (unpaired) electrons. The van der Waals surface area contributed by atoms with Gasteiger partial charge in [-0.05, 0) is 131 Å². The molecular weight excluding hydrogens is 599 g/mol. The lowest BCUT2D eigenvalue weighted by molar-refractivity contribution is 1.29. The highest BCUT2D eigenvalue weighted by Gasteiger charge is 2.16. The van der Waals surface area contributed by atoms with Gasteiger partial charge in [-0.15, -0.1) is 11.3 Å². The molecule has 232 valence electrons. The van der Waals surface area contributed by atoms with Crippen molar-refractivity contribution in [1.82, 2.24) is 0 Å². The third kappa shape index (κ3) is 5.95. The molecule has 0 aliphatic heterocycles. The first kappa shape index (κ1) is 30.9. The van der Waals surface area contributed by atoms with E-state index in [1.807, 2.05) is 25.2 Å². The number of anilines is 3. The quantitative estimate of drug-likeness (QED) is 0.143. The summed E-state index contributed by atoms with van der Waals surface area (Å²) in [4.78, 5) is 2.35. The third-order valence-electron chi connectivity index (χ3n) is 8.93. The lowest BCUT2D eigenvalue weighted by Crippen LogP contribution is -2.09. The summed E-state index contributed by atoms with van der Waals surface area (Å²) < 4.78 is 2.59. The lowest BCUT2D eigenvalue weighted by Gasteiger charge is -2.26. The topological polar surface area (TPSA) is 3.24 Å². The van der Waals surface area contributed by atoms with Crippen LogP contribution in [0.5, 0.6) is 0 Å². The second kappa shape index (κ2) is 12.8. The number of nitrogens with zero attached hydrogens (tertiary/aromatic N) is 1. The fourth-order valence-electron chi connectivity index (χ4n) is 6.21. The van der Waals surface area contributed by atoms with E-state index >= 15 is 0 Å². The summed E-state index contributed by atoms with van der Waals surface area (Å²) in [6.45, 7) is 20.6. The molecule has 1 heterocycles. The summed E-state index contributed by atoms with van der Waals surface area (Å²) in [5.74, 6) is 0. The summed E-state index contributed by atoms with van der Waals surface area (Å²) in [6.07, 6.45) is 1.80. The number of hydrogen-bond acceptors (Lipinski definition) is 2. The fraction of sp³-hybridized carbons (Fsp3) is 0.0435. The molecule has 0 amide bonds. The highest BCUT2D eigenvalue weighted by Crippen LogP contribution is 2.41. The van der Waals surface area contributed by atoms with Crippen molar-refractivity contribution in [2.75, 3.05) is 4.90 Å². The molecule has 7 rings (SSSR count). The zero-order valence-electron chi connectivity index (χ0n) is 27.5. The van der Waals surface area contributed by atoms with Crippen molar-refractivity contribution in [2.24, 2.45) is 0 Å². The van der Waals surface area contributed by atoms with Gasteiger partial charge in [-0.1, -0.05) is 104 Å². The van der Waals surface area contributed by atoms with Gasteiger partial charge in [0.15, 0.2) is 0 Å². The van der Waals surface area contributed by atoms with Gasteiger partial charge in [0.05, 0.1) is 0 Å². The first-order valence-corrected chi connectivity index (χ1v) is 16.9. The normalized spacial score (nSPS) is 11.0. The molecule has 6 aromatic carbocycles. The van der Waals surface area contributed by atoms with Crippen molar-refractivity contribution in [3.63, 3.8) is 0 Å². The molecule has 0 fully saturated rings. The number of rotatable bonds is 9. The smallest absolute Gasteiger partial charge is 0.0468 e. The van der Waals surface area contributed by atoms with Crippen LogP contribution in [-0.4, -0.2) is 0 Å². The molecule has 0 saturated heterocycles. The van der Waals surface area contributed by atoms with E-state index in [0.717, 1.165) is 61.6 Å². The Kier molecular flexibility index (Phi) is 8.27. The Morgan fingerprint density at radius 1 is 0.500 bits per heavy atom. The van der Waals surface area contributed by atoms with Crippen LogP contribution in [0.2, 0.25) is 0 Å². The van der Waals surface area contributed by atoms with Crippen LogP contribution in [0.25, 0.3) is 59.1 Å². The molecule has 48 heavy (non-hydrogen) atoms. The molecular formula is C46H37NS. The summed E-state index contributed by atoms with van der Waals surface area (Å²) in [5.41, 5.74) is 14.2. The third-order valence-corrected chi connectivity index (χ3v) is 10.1. The van der Waals surface area contributed by atoms with Crippen molar-refractivity contribution in [1.29, 1.82) is 0 Å². The van der Waals surface area contributed by atoms with Crippen LogP contribution in [0.4, 0.5) is 17.1 Å². The maximum atomic E-state index is 4.20. The van der Waals surface area contributed by atoms with Crippen molar-refractivity contribution < 1.29 is 0 Å².